The zero-order chi connectivity index (χ0) is 22.7. The minimum atomic E-state index is -1.08. The molecule has 0 radical (unpaired) electrons. The lowest BCUT2D eigenvalue weighted by Gasteiger charge is -2.33. The normalized spacial score (nSPS) is 20.3. The van der Waals surface area contributed by atoms with Gasteiger partial charge in [0.15, 0.2) is 18.1 Å². The minimum absolute atomic E-state index is 0.164. The number of ether oxygens (including phenoxy) is 3. The number of carboxylic acid groups (broad SMARTS) is 1. The molecule has 1 atom stereocenters. The molecule has 0 bridgehead atoms. The topological polar surface area (TPSA) is 115 Å². The highest BCUT2D eigenvalue weighted by atomic mass is 16.5. The van der Waals surface area contributed by atoms with E-state index in [9.17, 15) is 10.1 Å². The van der Waals surface area contributed by atoms with E-state index in [0.717, 1.165) is 36.9 Å². The Morgan fingerprint density at radius 3 is 2.75 bits per heavy atom. The Balaban J connectivity index is 1.69. The van der Waals surface area contributed by atoms with Crippen LogP contribution in [0.4, 0.5) is 0 Å². The second kappa shape index (κ2) is 9.03. The summed E-state index contributed by atoms with van der Waals surface area (Å²) in [6.07, 6.45) is 6.01. The number of aromatic nitrogens is 2. The summed E-state index contributed by atoms with van der Waals surface area (Å²) in [5.74, 6) is 0.978. The molecule has 8 nitrogen and oxygen atoms in total. The number of methoxy groups -OCH3 is 1. The fourth-order valence-corrected chi connectivity index (χ4v) is 4.64. The van der Waals surface area contributed by atoms with Crippen LogP contribution in [0.3, 0.4) is 0 Å². The van der Waals surface area contributed by atoms with Gasteiger partial charge in [-0.15, -0.1) is 0 Å². The number of nitrogens with zero attached hydrogens (tertiary/aromatic N) is 3. The van der Waals surface area contributed by atoms with Gasteiger partial charge in [0.25, 0.3) is 0 Å². The summed E-state index contributed by atoms with van der Waals surface area (Å²) in [7, 11) is 1.61. The molecule has 1 fully saturated rings. The molecule has 8 heteroatoms. The van der Waals surface area contributed by atoms with E-state index in [4.69, 9.17) is 19.3 Å². The number of carboxylic acids is 1. The molecule has 2 aromatic rings. The van der Waals surface area contributed by atoms with Gasteiger partial charge in [0, 0.05) is 12.0 Å². The first-order valence-corrected chi connectivity index (χ1v) is 10.9. The summed E-state index contributed by atoms with van der Waals surface area (Å²) in [5, 5.41) is 19.3. The van der Waals surface area contributed by atoms with E-state index in [2.05, 4.69) is 16.0 Å². The molecule has 32 heavy (non-hydrogen) atoms. The second-order valence-corrected chi connectivity index (χ2v) is 8.44. The van der Waals surface area contributed by atoms with Gasteiger partial charge in [0.1, 0.15) is 5.82 Å². The number of carbonyl (C=O) groups is 1. The van der Waals surface area contributed by atoms with Crippen molar-refractivity contribution in [2.75, 3.05) is 13.7 Å². The lowest BCUT2D eigenvalue weighted by molar-refractivity contribution is -0.139. The molecule has 1 unspecified atom stereocenters. The standard InChI is InChI=1S/C24H27N3O5/c1-15-26-19-9-10-24(14-25,12-18(19)23(27-15)31-13-22(28)29)16-7-8-20(30-2)21(11-16)32-17-5-3-4-6-17/h7-8,11,17H,3-6,9-10,12-13H2,1-2H3,(H,28,29). The summed E-state index contributed by atoms with van der Waals surface area (Å²) in [6, 6.07) is 8.18. The molecule has 168 valence electrons. The van der Waals surface area contributed by atoms with Gasteiger partial charge in [-0.1, -0.05) is 6.07 Å². The molecular weight excluding hydrogens is 410 g/mol. The van der Waals surface area contributed by atoms with E-state index >= 15 is 0 Å². The number of hydrogen-bond acceptors (Lipinski definition) is 7. The molecule has 4 rings (SSSR count). The number of aliphatic carboxylic acids is 1. The van der Waals surface area contributed by atoms with E-state index in [-0.39, 0.29) is 12.0 Å². The highest BCUT2D eigenvalue weighted by Gasteiger charge is 2.40. The van der Waals surface area contributed by atoms with Crippen LogP contribution in [0.25, 0.3) is 0 Å². The van der Waals surface area contributed by atoms with Gasteiger partial charge < -0.3 is 19.3 Å². The van der Waals surface area contributed by atoms with Crippen molar-refractivity contribution in [3.8, 4) is 23.4 Å². The van der Waals surface area contributed by atoms with E-state index in [1.807, 2.05) is 18.2 Å². The molecule has 1 heterocycles. The van der Waals surface area contributed by atoms with Crippen molar-refractivity contribution in [3.05, 3.63) is 40.8 Å². The van der Waals surface area contributed by atoms with E-state index in [1.54, 1.807) is 14.0 Å². The van der Waals surface area contributed by atoms with Crippen molar-refractivity contribution in [2.45, 2.75) is 63.4 Å². The lowest BCUT2D eigenvalue weighted by atomic mass is 9.69. The van der Waals surface area contributed by atoms with Crippen LogP contribution < -0.4 is 14.2 Å². The first-order chi connectivity index (χ1) is 15.4. The SMILES string of the molecule is COc1ccc(C2(C#N)CCc3nc(C)nc(OCC(=O)O)c3C2)cc1OC1CCCC1. The van der Waals surface area contributed by atoms with Crippen molar-refractivity contribution in [1.29, 1.82) is 5.26 Å². The summed E-state index contributed by atoms with van der Waals surface area (Å²) >= 11 is 0. The highest BCUT2D eigenvalue weighted by molar-refractivity contribution is 5.68. The van der Waals surface area contributed by atoms with E-state index in [1.165, 1.54) is 0 Å². The number of benzene rings is 1. The van der Waals surface area contributed by atoms with Crippen LogP contribution in [-0.2, 0) is 23.1 Å². The van der Waals surface area contributed by atoms with Gasteiger partial charge in [-0.3, -0.25) is 0 Å². The molecule has 0 spiro atoms. The molecular formula is C24H27N3O5. The molecule has 1 saturated carbocycles. The zero-order valence-electron chi connectivity index (χ0n) is 18.4. The Kier molecular flexibility index (Phi) is 6.17. The second-order valence-electron chi connectivity index (χ2n) is 8.44. The van der Waals surface area contributed by atoms with Gasteiger partial charge in [-0.2, -0.15) is 10.2 Å². The first-order valence-electron chi connectivity index (χ1n) is 10.9. The largest absolute Gasteiger partial charge is 0.493 e. The Hall–Kier alpha value is -3.34. The van der Waals surface area contributed by atoms with Gasteiger partial charge in [0.2, 0.25) is 5.88 Å². The zero-order valence-corrected chi connectivity index (χ0v) is 18.4. The van der Waals surface area contributed by atoms with Crippen LogP contribution in [-0.4, -0.2) is 40.9 Å². The van der Waals surface area contributed by atoms with Gasteiger partial charge in [-0.25, -0.2) is 9.78 Å². The number of nitriles is 1. The number of aryl methyl sites for hydroxylation is 2. The predicted octanol–water partition coefficient (Wildman–Crippen LogP) is 3.53. The van der Waals surface area contributed by atoms with Gasteiger partial charge in [-0.05, 0) is 63.1 Å². The van der Waals surface area contributed by atoms with Crippen LogP contribution in [0, 0.1) is 18.3 Å². The smallest absolute Gasteiger partial charge is 0.341 e. The van der Waals surface area contributed by atoms with Crippen LogP contribution >= 0.6 is 0 Å². The van der Waals surface area contributed by atoms with Crippen molar-refractivity contribution >= 4 is 5.97 Å². The fourth-order valence-electron chi connectivity index (χ4n) is 4.64. The van der Waals surface area contributed by atoms with Crippen LogP contribution in [0.15, 0.2) is 18.2 Å². The van der Waals surface area contributed by atoms with Crippen LogP contribution in [0.1, 0.15) is 54.7 Å². The molecule has 1 aromatic heterocycles. The summed E-state index contributed by atoms with van der Waals surface area (Å²) in [4.78, 5) is 19.9. The Bertz CT molecular complexity index is 1060. The number of rotatable bonds is 7. The maximum Gasteiger partial charge on any atom is 0.341 e. The van der Waals surface area contributed by atoms with Crippen molar-refractivity contribution < 1.29 is 24.1 Å². The third-order valence-electron chi connectivity index (χ3n) is 6.29. The molecule has 0 amide bonds. The molecule has 2 aliphatic rings. The molecule has 2 aliphatic carbocycles. The summed E-state index contributed by atoms with van der Waals surface area (Å²) < 4.78 is 17.2. The monoisotopic (exact) mass is 437 g/mol. The molecule has 0 aliphatic heterocycles. The number of hydrogen-bond donors (Lipinski definition) is 1. The predicted molar refractivity (Wildman–Crippen MR) is 115 cm³/mol. The Morgan fingerprint density at radius 1 is 1.28 bits per heavy atom. The summed E-state index contributed by atoms with van der Waals surface area (Å²) in [6.45, 7) is 1.25. The molecule has 0 saturated heterocycles. The average molecular weight is 437 g/mol. The van der Waals surface area contributed by atoms with Crippen LogP contribution in [0.5, 0.6) is 17.4 Å². The van der Waals surface area contributed by atoms with E-state index in [0.29, 0.717) is 42.1 Å². The Labute approximate surface area is 187 Å². The van der Waals surface area contributed by atoms with Crippen molar-refractivity contribution in [2.24, 2.45) is 0 Å². The van der Waals surface area contributed by atoms with Crippen molar-refractivity contribution in [1.82, 2.24) is 9.97 Å². The third-order valence-corrected chi connectivity index (χ3v) is 6.29. The third kappa shape index (κ3) is 4.33. The maximum absolute atomic E-state index is 11.0. The van der Waals surface area contributed by atoms with Crippen LogP contribution in [0.2, 0.25) is 0 Å². The lowest BCUT2D eigenvalue weighted by Crippen LogP contribution is -2.33. The quantitative estimate of drug-likeness (QED) is 0.700. The molecule has 1 aromatic carbocycles. The fraction of sp³-hybridized carbons (Fsp3) is 0.500. The Morgan fingerprint density at radius 2 is 2.06 bits per heavy atom. The number of fused-ring (bicyclic) bond motifs is 1. The van der Waals surface area contributed by atoms with Crippen molar-refractivity contribution in [3.63, 3.8) is 0 Å². The summed E-state index contributed by atoms with van der Waals surface area (Å²) in [5.41, 5.74) is 1.51. The maximum atomic E-state index is 11.0. The van der Waals surface area contributed by atoms with Gasteiger partial charge >= 0.3 is 5.97 Å². The van der Waals surface area contributed by atoms with E-state index < -0.39 is 18.0 Å². The first kappa shape index (κ1) is 21.9. The molecule has 1 N–H and O–H groups in total. The average Bonchev–Trinajstić information content (AvgIpc) is 3.30. The minimum Gasteiger partial charge on any atom is -0.493 e. The van der Waals surface area contributed by atoms with Gasteiger partial charge in [0.05, 0.1) is 30.4 Å². The highest BCUT2D eigenvalue weighted by Crippen LogP contribution is 2.43.